The Morgan fingerprint density at radius 2 is 1.92 bits per heavy atom. The van der Waals surface area contributed by atoms with Crippen LogP contribution in [0.2, 0.25) is 0 Å². The van der Waals surface area contributed by atoms with Crippen molar-refractivity contribution < 1.29 is 4.74 Å². The van der Waals surface area contributed by atoms with Gasteiger partial charge in [-0.05, 0) is 43.4 Å². The smallest absolute Gasteiger partial charge is 0.127 e. The van der Waals surface area contributed by atoms with E-state index >= 15 is 0 Å². The van der Waals surface area contributed by atoms with Crippen LogP contribution in [0.1, 0.15) is 23.2 Å². The number of fused-ring (bicyclic) bond motifs is 1. The molecule has 0 unspecified atom stereocenters. The van der Waals surface area contributed by atoms with Crippen LogP contribution in [-0.4, -0.2) is 17.3 Å². The fourth-order valence-corrected chi connectivity index (χ4v) is 3.79. The third-order valence-electron chi connectivity index (χ3n) is 3.96. The van der Waals surface area contributed by atoms with Gasteiger partial charge in [-0.2, -0.15) is 5.26 Å². The van der Waals surface area contributed by atoms with Crippen molar-refractivity contribution in [1.29, 1.82) is 5.26 Å². The van der Waals surface area contributed by atoms with Gasteiger partial charge in [0.05, 0.1) is 12.2 Å². The van der Waals surface area contributed by atoms with Crippen molar-refractivity contribution in [3.8, 4) is 11.8 Å². The summed E-state index contributed by atoms with van der Waals surface area (Å²) in [4.78, 5) is 4.50. The maximum atomic E-state index is 9.31. The summed E-state index contributed by atoms with van der Waals surface area (Å²) < 4.78 is 5.96. The van der Waals surface area contributed by atoms with E-state index in [-0.39, 0.29) is 0 Å². The number of pyridine rings is 1. The lowest BCUT2D eigenvalue weighted by Crippen LogP contribution is -2.00. The molecule has 25 heavy (non-hydrogen) atoms. The maximum absolute atomic E-state index is 9.31. The van der Waals surface area contributed by atoms with Gasteiger partial charge in [-0.15, -0.1) is 11.8 Å². The third-order valence-corrected chi connectivity index (χ3v) is 5.02. The monoisotopic (exact) mass is 348 g/mol. The number of hydrogen-bond donors (Lipinski definition) is 0. The van der Waals surface area contributed by atoms with E-state index in [1.165, 1.54) is 5.39 Å². The molecule has 0 atom stereocenters. The van der Waals surface area contributed by atoms with Crippen molar-refractivity contribution in [2.75, 3.05) is 12.4 Å². The highest BCUT2D eigenvalue weighted by Gasteiger charge is 2.09. The van der Waals surface area contributed by atoms with Crippen molar-refractivity contribution in [1.82, 2.24) is 4.98 Å². The highest BCUT2D eigenvalue weighted by molar-refractivity contribution is 7.99. The Balaban J connectivity index is 1.57. The largest absolute Gasteiger partial charge is 0.493 e. The number of hydrogen-bond acceptors (Lipinski definition) is 4. The normalized spacial score (nSPS) is 10.6. The molecule has 0 bridgehead atoms. The van der Waals surface area contributed by atoms with E-state index in [0.29, 0.717) is 12.2 Å². The molecule has 1 heterocycles. The Kier molecular flexibility index (Phi) is 5.57. The Morgan fingerprint density at radius 3 is 2.76 bits per heavy atom. The molecule has 0 radical (unpaired) electrons. The van der Waals surface area contributed by atoms with Crippen molar-refractivity contribution >= 4 is 22.5 Å². The molecule has 0 aliphatic rings. The molecule has 0 N–H and O–H groups in total. The van der Waals surface area contributed by atoms with E-state index < -0.39 is 0 Å². The number of nitriles is 1. The van der Waals surface area contributed by atoms with Gasteiger partial charge >= 0.3 is 0 Å². The summed E-state index contributed by atoms with van der Waals surface area (Å²) in [5.74, 6) is 1.79. The van der Waals surface area contributed by atoms with Gasteiger partial charge in [-0.25, -0.2) is 4.98 Å². The van der Waals surface area contributed by atoms with E-state index in [1.807, 2.05) is 44.2 Å². The summed E-state index contributed by atoms with van der Waals surface area (Å²) in [5, 5.41) is 12.5. The lowest BCUT2D eigenvalue weighted by Gasteiger charge is -2.10. The molecule has 0 saturated heterocycles. The topological polar surface area (TPSA) is 45.9 Å². The van der Waals surface area contributed by atoms with E-state index in [1.54, 1.807) is 11.8 Å². The highest BCUT2D eigenvalue weighted by Crippen LogP contribution is 2.26. The SMILES string of the molecule is Cc1cc(C)c(C#N)c(SCCCOc2cccc3ccccc23)n1. The van der Waals surface area contributed by atoms with Crippen LogP contribution in [0.15, 0.2) is 53.6 Å². The fourth-order valence-electron chi connectivity index (χ4n) is 2.77. The molecule has 3 aromatic rings. The van der Waals surface area contributed by atoms with Gasteiger partial charge in [0, 0.05) is 16.8 Å². The van der Waals surface area contributed by atoms with Crippen LogP contribution in [0, 0.1) is 25.2 Å². The van der Waals surface area contributed by atoms with Gasteiger partial charge in [0.2, 0.25) is 0 Å². The first-order valence-corrected chi connectivity index (χ1v) is 9.29. The average molecular weight is 348 g/mol. The zero-order chi connectivity index (χ0) is 17.6. The number of nitrogens with zero attached hydrogens (tertiary/aromatic N) is 2. The van der Waals surface area contributed by atoms with Crippen molar-refractivity contribution in [2.45, 2.75) is 25.3 Å². The van der Waals surface area contributed by atoms with E-state index in [9.17, 15) is 5.26 Å². The number of benzene rings is 2. The second-order valence-electron chi connectivity index (χ2n) is 5.90. The minimum absolute atomic E-state index is 0.647. The van der Waals surface area contributed by atoms with E-state index in [0.717, 1.165) is 39.6 Å². The van der Waals surface area contributed by atoms with Crippen molar-refractivity contribution in [3.63, 3.8) is 0 Å². The van der Waals surface area contributed by atoms with Crippen LogP contribution in [-0.2, 0) is 0 Å². The Hall–Kier alpha value is -2.51. The lowest BCUT2D eigenvalue weighted by atomic mass is 10.1. The van der Waals surface area contributed by atoms with Crippen LogP contribution in [0.3, 0.4) is 0 Å². The Labute approximate surface area is 152 Å². The van der Waals surface area contributed by atoms with Gasteiger partial charge in [-0.1, -0.05) is 36.4 Å². The summed E-state index contributed by atoms with van der Waals surface area (Å²) in [6.07, 6.45) is 0.896. The zero-order valence-corrected chi connectivity index (χ0v) is 15.3. The molecule has 0 spiro atoms. The van der Waals surface area contributed by atoms with Crippen LogP contribution in [0.25, 0.3) is 10.8 Å². The molecule has 0 saturated carbocycles. The summed E-state index contributed by atoms with van der Waals surface area (Å²) in [7, 11) is 0. The molecule has 3 rings (SSSR count). The molecule has 0 amide bonds. The molecule has 0 fully saturated rings. The first-order chi connectivity index (χ1) is 12.2. The number of thioether (sulfide) groups is 1. The standard InChI is InChI=1S/C21H20N2OS/c1-15-13-16(2)23-21(19(15)14-22)25-12-6-11-24-20-10-5-8-17-7-3-4-9-18(17)20/h3-5,7-10,13H,6,11-12H2,1-2H3. The minimum atomic E-state index is 0.647. The van der Waals surface area contributed by atoms with Crippen LogP contribution < -0.4 is 4.74 Å². The quantitative estimate of drug-likeness (QED) is 0.449. The minimum Gasteiger partial charge on any atom is -0.493 e. The highest BCUT2D eigenvalue weighted by atomic mass is 32.2. The van der Waals surface area contributed by atoms with Crippen molar-refractivity contribution in [3.05, 3.63) is 65.4 Å². The third kappa shape index (κ3) is 4.12. The first-order valence-electron chi connectivity index (χ1n) is 8.31. The molecule has 3 nitrogen and oxygen atoms in total. The number of ether oxygens (including phenoxy) is 1. The molecule has 126 valence electrons. The van der Waals surface area contributed by atoms with Gasteiger partial charge < -0.3 is 4.74 Å². The second kappa shape index (κ2) is 8.04. The zero-order valence-electron chi connectivity index (χ0n) is 14.5. The van der Waals surface area contributed by atoms with Crippen molar-refractivity contribution in [2.24, 2.45) is 0 Å². The number of aryl methyl sites for hydroxylation is 2. The Morgan fingerprint density at radius 1 is 1.12 bits per heavy atom. The number of rotatable bonds is 6. The van der Waals surface area contributed by atoms with Crippen LogP contribution >= 0.6 is 11.8 Å². The van der Waals surface area contributed by atoms with Gasteiger partial charge in [0.1, 0.15) is 16.8 Å². The summed E-state index contributed by atoms with van der Waals surface area (Å²) in [6, 6.07) is 18.6. The molecule has 1 aromatic heterocycles. The molecule has 0 aliphatic carbocycles. The number of aromatic nitrogens is 1. The molecule has 4 heteroatoms. The molecule has 2 aromatic carbocycles. The average Bonchev–Trinajstić information content (AvgIpc) is 2.61. The van der Waals surface area contributed by atoms with Crippen LogP contribution in [0.4, 0.5) is 0 Å². The Bertz CT molecular complexity index is 926. The first kappa shape index (κ1) is 17.3. The van der Waals surface area contributed by atoms with E-state index in [4.69, 9.17) is 4.74 Å². The van der Waals surface area contributed by atoms with Gasteiger partial charge in [0.25, 0.3) is 0 Å². The molecular formula is C21H20N2OS. The van der Waals surface area contributed by atoms with Gasteiger partial charge in [0.15, 0.2) is 0 Å². The summed E-state index contributed by atoms with van der Waals surface area (Å²) >= 11 is 1.63. The summed E-state index contributed by atoms with van der Waals surface area (Å²) in [5.41, 5.74) is 2.63. The predicted octanol–water partition coefficient (Wildman–Crippen LogP) is 5.28. The fraction of sp³-hybridized carbons (Fsp3) is 0.238. The molecule has 0 aliphatic heterocycles. The second-order valence-corrected chi connectivity index (χ2v) is 6.98. The van der Waals surface area contributed by atoms with E-state index in [2.05, 4.69) is 29.3 Å². The molecular weight excluding hydrogens is 328 g/mol. The van der Waals surface area contributed by atoms with Gasteiger partial charge in [-0.3, -0.25) is 0 Å². The summed E-state index contributed by atoms with van der Waals surface area (Å²) in [6.45, 7) is 4.57. The maximum Gasteiger partial charge on any atom is 0.127 e. The lowest BCUT2D eigenvalue weighted by molar-refractivity contribution is 0.322. The predicted molar refractivity (Wildman–Crippen MR) is 103 cm³/mol. The van der Waals surface area contributed by atoms with Crippen LogP contribution in [0.5, 0.6) is 5.75 Å².